The molecule has 0 atom stereocenters. The van der Waals surface area contributed by atoms with Gasteiger partial charge in [-0.05, 0) is 24.3 Å². The van der Waals surface area contributed by atoms with E-state index < -0.39 is 0 Å². The van der Waals surface area contributed by atoms with E-state index in [1.807, 2.05) is 12.1 Å². The smallest absolute Gasteiger partial charge is 0.216 e. The molecule has 53 valence electrons. The van der Waals surface area contributed by atoms with Crippen molar-refractivity contribution in [1.82, 2.24) is 0 Å². The van der Waals surface area contributed by atoms with Gasteiger partial charge in [-0.3, -0.25) is 4.79 Å². The zero-order chi connectivity index (χ0) is 7.56. The molecule has 11 heavy (non-hydrogen) atoms. The molecule has 0 spiro atoms. The second kappa shape index (κ2) is 5.38. The molecule has 0 aliphatic heterocycles. The van der Waals surface area contributed by atoms with Crippen molar-refractivity contribution in [1.29, 1.82) is 0 Å². The average molecular weight is 240 g/mol. The summed E-state index contributed by atoms with van der Waals surface area (Å²) in [6.07, 6.45) is 0. The van der Waals surface area contributed by atoms with Crippen LogP contribution in [0.15, 0.2) is 28.7 Å². The van der Waals surface area contributed by atoms with Gasteiger partial charge in [0.05, 0.1) is 0 Å². The van der Waals surface area contributed by atoms with Crippen LogP contribution in [0.1, 0.15) is 10.4 Å². The van der Waals surface area contributed by atoms with Gasteiger partial charge in [0, 0.05) is 39.6 Å². The van der Waals surface area contributed by atoms with Crippen LogP contribution in [0.5, 0.6) is 0 Å². The number of thiol groups is 1. The van der Waals surface area contributed by atoms with E-state index in [1.54, 1.807) is 12.1 Å². The summed E-state index contributed by atoms with van der Waals surface area (Å²) < 4.78 is 0.964. The minimum absolute atomic E-state index is 0. The van der Waals surface area contributed by atoms with Crippen molar-refractivity contribution in [2.45, 2.75) is 0 Å². The van der Waals surface area contributed by atoms with Crippen molar-refractivity contribution in [3.05, 3.63) is 34.3 Å². The van der Waals surface area contributed by atoms with Crippen molar-refractivity contribution >= 4 is 63.2 Å². The fourth-order valence-electron chi connectivity index (χ4n) is 0.592. The molecule has 1 nitrogen and oxygen atoms in total. The molecule has 4 heteroatoms. The molecule has 0 saturated carbocycles. The third kappa shape index (κ3) is 3.76. The maximum absolute atomic E-state index is 10.6. The monoisotopic (exact) mass is 239 g/mol. The molecular formula is C7H5BrNaOS. The maximum atomic E-state index is 10.6. The first-order valence-corrected chi connectivity index (χ1v) is 3.93. The second-order valence-electron chi connectivity index (χ2n) is 1.81. The van der Waals surface area contributed by atoms with Gasteiger partial charge in [-0.2, -0.15) is 0 Å². The van der Waals surface area contributed by atoms with Crippen LogP contribution in [-0.2, 0) is 0 Å². The molecule has 0 bridgehead atoms. The van der Waals surface area contributed by atoms with E-state index in [0.29, 0.717) is 5.56 Å². The zero-order valence-corrected chi connectivity index (χ0v) is 10.5. The van der Waals surface area contributed by atoms with Crippen molar-refractivity contribution in [3.8, 4) is 0 Å². The number of benzene rings is 1. The third-order valence-corrected chi connectivity index (χ3v) is 1.88. The molecule has 0 aliphatic rings. The SMILES string of the molecule is O=C(S)c1ccc(Br)cc1.[Na]. The Balaban J connectivity index is 0.000001000. The van der Waals surface area contributed by atoms with Crippen LogP contribution in [0.3, 0.4) is 0 Å². The van der Waals surface area contributed by atoms with Crippen LogP contribution in [0.2, 0.25) is 0 Å². The normalized spacial score (nSPS) is 8.55. The Hall–Kier alpha value is 0.720. The first-order valence-electron chi connectivity index (χ1n) is 2.69. The quantitative estimate of drug-likeness (QED) is 0.587. The molecule has 0 fully saturated rings. The Morgan fingerprint density at radius 1 is 1.27 bits per heavy atom. The molecular weight excluding hydrogens is 235 g/mol. The van der Waals surface area contributed by atoms with Crippen molar-refractivity contribution in [2.24, 2.45) is 0 Å². The van der Waals surface area contributed by atoms with E-state index in [9.17, 15) is 4.79 Å². The van der Waals surface area contributed by atoms with Gasteiger partial charge >= 0.3 is 0 Å². The Labute approximate surface area is 101 Å². The van der Waals surface area contributed by atoms with Crippen molar-refractivity contribution in [2.75, 3.05) is 0 Å². The molecule has 0 heterocycles. The molecule has 0 unspecified atom stereocenters. The second-order valence-corrected chi connectivity index (χ2v) is 3.13. The van der Waals surface area contributed by atoms with Crippen LogP contribution in [-0.4, -0.2) is 34.7 Å². The van der Waals surface area contributed by atoms with Gasteiger partial charge in [0.1, 0.15) is 0 Å². The summed E-state index contributed by atoms with van der Waals surface area (Å²) in [4.78, 5) is 10.6. The minimum atomic E-state index is -0.201. The summed E-state index contributed by atoms with van der Waals surface area (Å²) >= 11 is 6.93. The number of hydrogen-bond donors (Lipinski definition) is 1. The Morgan fingerprint density at radius 2 is 1.73 bits per heavy atom. The Morgan fingerprint density at radius 3 is 2.09 bits per heavy atom. The zero-order valence-electron chi connectivity index (χ0n) is 6.04. The van der Waals surface area contributed by atoms with Crippen molar-refractivity contribution < 1.29 is 4.79 Å². The third-order valence-electron chi connectivity index (χ3n) is 1.09. The minimum Gasteiger partial charge on any atom is -0.282 e. The van der Waals surface area contributed by atoms with Crippen LogP contribution < -0.4 is 0 Å². The predicted molar refractivity (Wildman–Crippen MR) is 53.2 cm³/mol. The average Bonchev–Trinajstić information content (AvgIpc) is 1.88. The molecule has 0 saturated heterocycles. The standard InChI is InChI=1S/C7H5BrOS.Na/c8-6-3-1-5(2-4-6)7(9)10;/h1-4H,(H,9,10);. The van der Waals surface area contributed by atoms with E-state index in [2.05, 4.69) is 28.6 Å². The first kappa shape index (κ1) is 11.7. The number of carbonyl (C=O) groups is 1. The van der Waals surface area contributed by atoms with Gasteiger partial charge in [-0.25, -0.2) is 0 Å². The molecule has 1 radical (unpaired) electrons. The van der Waals surface area contributed by atoms with Gasteiger partial charge < -0.3 is 0 Å². The topological polar surface area (TPSA) is 17.1 Å². The van der Waals surface area contributed by atoms with Crippen LogP contribution >= 0.6 is 28.6 Å². The largest absolute Gasteiger partial charge is 0.282 e. The number of halogens is 1. The van der Waals surface area contributed by atoms with Gasteiger partial charge in [0.15, 0.2) is 0 Å². The van der Waals surface area contributed by atoms with Crippen LogP contribution in [0.25, 0.3) is 0 Å². The molecule has 1 aromatic rings. The van der Waals surface area contributed by atoms with Crippen LogP contribution in [0.4, 0.5) is 0 Å². The predicted octanol–water partition coefficient (Wildman–Crippen LogP) is 2.14. The summed E-state index contributed by atoms with van der Waals surface area (Å²) in [6, 6.07) is 7.06. The summed E-state index contributed by atoms with van der Waals surface area (Å²) in [5, 5.41) is -0.201. The Bertz CT molecular complexity index is 247. The summed E-state index contributed by atoms with van der Waals surface area (Å²) in [5.41, 5.74) is 0.617. The summed E-state index contributed by atoms with van der Waals surface area (Å²) in [7, 11) is 0. The fourth-order valence-corrected chi connectivity index (χ4v) is 1.01. The van der Waals surface area contributed by atoms with Crippen molar-refractivity contribution in [3.63, 3.8) is 0 Å². The molecule has 1 rings (SSSR count). The molecule has 1 aromatic carbocycles. The number of hydrogen-bond acceptors (Lipinski definition) is 1. The maximum Gasteiger partial charge on any atom is 0.216 e. The van der Waals surface area contributed by atoms with E-state index in [4.69, 9.17) is 0 Å². The van der Waals surface area contributed by atoms with Gasteiger partial charge in [0.25, 0.3) is 0 Å². The van der Waals surface area contributed by atoms with E-state index in [0.717, 1.165) is 4.47 Å². The van der Waals surface area contributed by atoms with Crippen LogP contribution in [0, 0.1) is 0 Å². The summed E-state index contributed by atoms with van der Waals surface area (Å²) in [5.74, 6) is 0. The van der Waals surface area contributed by atoms with Gasteiger partial charge in [-0.1, -0.05) is 15.9 Å². The van der Waals surface area contributed by atoms with Gasteiger partial charge in [-0.15, -0.1) is 12.6 Å². The first-order chi connectivity index (χ1) is 4.70. The fraction of sp³-hybridized carbons (Fsp3) is 0. The van der Waals surface area contributed by atoms with E-state index in [-0.39, 0.29) is 34.7 Å². The van der Waals surface area contributed by atoms with E-state index in [1.165, 1.54) is 0 Å². The van der Waals surface area contributed by atoms with Gasteiger partial charge in [0.2, 0.25) is 5.12 Å². The summed E-state index contributed by atoms with van der Waals surface area (Å²) in [6.45, 7) is 0. The molecule has 0 N–H and O–H groups in total. The van der Waals surface area contributed by atoms with E-state index >= 15 is 0 Å². The Kier molecular flexibility index (Phi) is 5.73. The molecule has 0 aliphatic carbocycles. The number of carbonyl (C=O) groups excluding carboxylic acids is 1. The number of rotatable bonds is 1. The molecule has 0 amide bonds. The molecule has 0 aromatic heterocycles.